The van der Waals surface area contributed by atoms with E-state index in [2.05, 4.69) is 20.2 Å². The van der Waals surface area contributed by atoms with Crippen LogP contribution in [0.3, 0.4) is 0 Å². The zero-order valence-electron chi connectivity index (χ0n) is 16.6. The number of hydrogen-bond donors (Lipinski definition) is 0. The summed E-state index contributed by atoms with van der Waals surface area (Å²) in [6, 6.07) is 6.23. The molecule has 31 heavy (non-hydrogen) atoms. The first-order valence-electron chi connectivity index (χ1n) is 9.69. The minimum atomic E-state index is -3.38. The quantitative estimate of drug-likeness (QED) is 0.471. The predicted molar refractivity (Wildman–Crippen MR) is 110 cm³/mol. The molecule has 0 saturated heterocycles. The number of sulfone groups is 1. The summed E-state index contributed by atoms with van der Waals surface area (Å²) in [7, 11) is -3.38. The molecule has 0 N–H and O–H groups in total. The second-order valence-corrected chi connectivity index (χ2v) is 9.33. The van der Waals surface area contributed by atoms with Gasteiger partial charge in [0.05, 0.1) is 6.61 Å². The number of nitrogens with zero attached hydrogens (tertiary/aromatic N) is 5. The largest absolute Gasteiger partial charge is 0.493 e. The van der Waals surface area contributed by atoms with Crippen molar-refractivity contribution < 1.29 is 17.5 Å². The number of fused-ring (bicyclic) bond motifs is 2. The maximum Gasteiger partial charge on any atom is 0.192 e. The van der Waals surface area contributed by atoms with Crippen LogP contribution in [0.5, 0.6) is 5.75 Å². The fourth-order valence-corrected chi connectivity index (χ4v) is 4.40. The maximum absolute atomic E-state index is 14.4. The van der Waals surface area contributed by atoms with Gasteiger partial charge < -0.3 is 4.74 Å². The van der Waals surface area contributed by atoms with Crippen LogP contribution in [-0.2, 0) is 29.1 Å². The molecule has 0 amide bonds. The molecule has 1 aliphatic heterocycles. The van der Waals surface area contributed by atoms with Gasteiger partial charge >= 0.3 is 0 Å². The Morgan fingerprint density at radius 1 is 1.13 bits per heavy atom. The van der Waals surface area contributed by atoms with Crippen molar-refractivity contribution in [3.05, 3.63) is 65.8 Å². The molecule has 0 unspecified atom stereocenters. The van der Waals surface area contributed by atoms with Crippen LogP contribution in [0.1, 0.15) is 17.0 Å². The summed E-state index contributed by atoms with van der Waals surface area (Å²) in [6.45, 7) is 0.570. The molecule has 0 aliphatic carbocycles. The molecule has 10 heteroatoms. The molecule has 4 aromatic rings. The first kappa shape index (κ1) is 19.6. The molecule has 5 rings (SSSR count). The van der Waals surface area contributed by atoms with Gasteiger partial charge in [0, 0.05) is 48.2 Å². The number of aromatic nitrogens is 5. The lowest BCUT2D eigenvalue weighted by Crippen LogP contribution is -2.06. The van der Waals surface area contributed by atoms with Crippen LogP contribution in [0.15, 0.2) is 48.0 Å². The van der Waals surface area contributed by atoms with Crippen molar-refractivity contribution in [2.45, 2.75) is 24.3 Å². The highest BCUT2D eigenvalue weighted by molar-refractivity contribution is 7.90. The van der Waals surface area contributed by atoms with E-state index in [1.807, 2.05) is 0 Å². The molecule has 0 bridgehead atoms. The molecule has 8 nitrogen and oxygen atoms in total. The molecular weight excluding hydrogens is 421 g/mol. The third-order valence-corrected chi connectivity index (χ3v) is 6.38. The van der Waals surface area contributed by atoms with Crippen molar-refractivity contribution in [2.75, 3.05) is 12.9 Å². The number of aryl methyl sites for hydroxylation is 1. The van der Waals surface area contributed by atoms with Gasteiger partial charge in [0.1, 0.15) is 23.7 Å². The fraction of sp³-hybridized carbons (Fsp3) is 0.238. The van der Waals surface area contributed by atoms with Gasteiger partial charge in [-0.25, -0.2) is 22.8 Å². The second-order valence-electron chi connectivity index (χ2n) is 7.37. The Morgan fingerprint density at radius 3 is 2.77 bits per heavy atom. The maximum atomic E-state index is 14.4. The number of ether oxygens (including phenoxy) is 1. The summed E-state index contributed by atoms with van der Waals surface area (Å²) in [5, 5.41) is 8.19. The van der Waals surface area contributed by atoms with Crippen LogP contribution >= 0.6 is 0 Å². The van der Waals surface area contributed by atoms with E-state index in [1.165, 1.54) is 18.3 Å². The normalized spacial score (nSPS) is 13.4. The lowest BCUT2D eigenvalue weighted by atomic mass is 10.00. The molecule has 158 valence electrons. The van der Waals surface area contributed by atoms with Crippen molar-refractivity contribution >= 4 is 15.5 Å². The summed E-state index contributed by atoms with van der Waals surface area (Å²) in [6.07, 6.45) is 7.48. The van der Waals surface area contributed by atoms with Gasteiger partial charge in [-0.15, -0.1) is 10.2 Å². The third-order valence-electron chi connectivity index (χ3n) is 5.38. The minimum absolute atomic E-state index is 0.000263. The lowest BCUT2D eigenvalue weighted by Gasteiger charge is -2.11. The molecule has 1 aromatic carbocycles. The Kier molecular flexibility index (Phi) is 4.66. The molecule has 0 spiro atoms. The Hall–Kier alpha value is -3.40. The van der Waals surface area contributed by atoms with E-state index < -0.39 is 9.84 Å². The third kappa shape index (κ3) is 3.52. The first-order valence-corrected chi connectivity index (χ1v) is 11.6. The Bertz CT molecular complexity index is 1400. The Balaban J connectivity index is 1.47. The smallest absolute Gasteiger partial charge is 0.192 e. The molecule has 0 fully saturated rings. The van der Waals surface area contributed by atoms with Crippen LogP contribution in [0, 0.1) is 5.82 Å². The molecular formula is C21H18FN5O3S. The molecule has 1 aliphatic rings. The van der Waals surface area contributed by atoms with Gasteiger partial charge in [0.15, 0.2) is 20.5 Å². The SMILES string of the molecule is CS(=O)(=O)c1ccc(-c2cnc(CCc3c(F)ccc4c3CCO4)n3cnnc23)cn1. The summed E-state index contributed by atoms with van der Waals surface area (Å²) >= 11 is 0. The lowest BCUT2D eigenvalue weighted by molar-refractivity contribution is 0.356. The number of pyridine rings is 1. The topological polar surface area (TPSA) is 99.3 Å². The van der Waals surface area contributed by atoms with Crippen molar-refractivity contribution in [2.24, 2.45) is 0 Å². The van der Waals surface area contributed by atoms with E-state index in [1.54, 1.807) is 29.1 Å². The highest BCUT2D eigenvalue weighted by Gasteiger charge is 2.20. The first-order chi connectivity index (χ1) is 14.9. The van der Waals surface area contributed by atoms with Crippen LogP contribution < -0.4 is 4.74 Å². The van der Waals surface area contributed by atoms with E-state index in [-0.39, 0.29) is 10.8 Å². The van der Waals surface area contributed by atoms with Crippen LogP contribution in [0.25, 0.3) is 16.8 Å². The van der Waals surface area contributed by atoms with Gasteiger partial charge in [-0.05, 0) is 36.2 Å². The van der Waals surface area contributed by atoms with E-state index >= 15 is 0 Å². The van der Waals surface area contributed by atoms with Gasteiger partial charge in [0.25, 0.3) is 0 Å². The standard InChI is InChI=1S/C21H18FN5O3S/c1-31(28,29)20-7-2-13(10-24-20)16-11-23-19(27-12-25-26-21(16)27)6-3-14-15-8-9-30-18(15)5-4-17(14)22/h2,4-5,7,10-12H,3,6,8-9H2,1H3. The van der Waals surface area contributed by atoms with Gasteiger partial charge in [-0.2, -0.15) is 0 Å². The van der Waals surface area contributed by atoms with Crippen LogP contribution in [0.2, 0.25) is 0 Å². The van der Waals surface area contributed by atoms with Crippen molar-refractivity contribution in [3.63, 3.8) is 0 Å². The molecule has 3 aromatic heterocycles. The number of halogens is 1. The average molecular weight is 439 g/mol. The van der Waals surface area contributed by atoms with Gasteiger partial charge in [0.2, 0.25) is 0 Å². The van der Waals surface area contributed by atoms with E-state index in [0.717, 1.165) is 17.6 Å². The number of hydrogen-bond acceptors (Lipinski definition) is 7. The Morgan fingerprint density at radius 2 is 2.00 bits per heavy atom. The number of benzene rings is 1. The molecule has 0 atom stereocenters. The van der Waals surface area contributed by atoms with E-state index in [4.69, 9.17) is 4.74 Å². The van der Waals surface area contributed by atoms with Crippen molar-refractivity contribution in [1.82, 2.24) is 24.6 Å². The Labute approximate surface area is 177 Å². The highest BCUT2D eigenvalue weighted by Crippen LogP contribution is 2.31. The molecule has 0 radical (unpaired) electrons. The predicted octanol–water partition coefficient (Wildman–Crippen LogP) is 2.45. The molecule has 0 saturated carbocycles. The van der Waals surface area contributed by atoms with Crippen molar-refractivity contribution in [1.29, 1.82) is 0 Å². The van der Waals surface area contributed by atoms with Crippen molar-refractivity contribution in [3.8, 4) is 16.9 Å². The zero-order chi connectivity index (χ0) is 21.6. The summed E-state index contributed by atoms with van der Waals surface area (Å²) in [5.74, 6) is 1.21. The molecule has 4 heterocycles. The highest BCUT2D eigenvalue weighted by atomic mass is 32.2. The summed E-state index contributed by atoms with van der Waals surface area (Å²) < 4.78 is 45.0. The van der Waals surface area contributed by atoms with Gasteiger partial charge in [-0.3, -0.25) is 4.40 Å². The minimum Gasteiger partial charge on any atom is -0.493 e. The van der Waals surface area contributed by atoms with E-state index in [0.29, 0.717) is 54.0 Å². The summed E-state index contributed by atoms with van der Waals surface area (Å²) in [5.41, 5.74) is 3.50. The van der Waals surface area contributed by atoms with Crippen LogP contribution in [0.4, 0.5) is 4.39 Å². The van der Waals surface area contributed by atoms with Gasteiger partial charge in [-0.1, -0.05) is 0 Å². The summed E-state index contributed by atoms with van der Waals surface area (Å²) in [4.78, 5) is 8.58. The number of rotatable bonds is 5. The fourth-order valence-electron chi connectivity index (χ4n) is 3.84. The zero-order valence-corrected chi connectivity index (χ0v) is 17.4. The van der Waals surface area contributed by atoms with E-state index in [9.17, 15) is 12.8 Å². The second kappa shape index (κ2) is 7.38. The monoisotopic (exact) mass is 439 g/mol. The average Bonchev–Trinajstić information content (AvgIpc) is 3.42. The van der Waals surface area contributed by atoms with Crippen LogP contribution in [-0.4, -0.2) is 45.8 Å².